The quantitative estimate of drug-likeness (QED) is 0.735. The average Bonchev–Trinajstić information content (AvgIpc) is 2.87. The molecule has 1 aromatic heterocycles. The lowest BCUT2D eigenvalue weighted by Gasteiger charge is -2.17. The Morgan fingerprint density at radius 2 is 1.97 bits per heavy atom. The van der Waals surface area contributed by atoms with E-state index in [1.165, 1.54) is 0 Å². The second-order valence-electron chi connectivity index (χ2n) is 7.22. The maximum atomic E-state index is 12.8. The van der Waals surface area contributed by atoms with Crippen LogP contribution in [0, 0.1) is 18.3 Å². The first-order chi connectivity index (χ1) is 14.1. The van der Waals surface area contributed by atoms with Gasteiger partial charge in [0.2, 0.25) is 5.91 Å². The molecule has 29 heavy (non-hydrogen) atoms. The molecule has 6 nitrogen and oxygen atoms in total. The van der Waals surface area contributed by atoms with Crippen molar-refractivity contribution in [1.29, 1.82) is 5.26 Å². The number of ether oxygens (including phenoxy) is 2. The van der Waals surface area contributed by atoms with Gasteiger partial charge in [0.15, 0.2) is 11.5 Å². The number of nitrogens with zero attached hydrogens (tertiary/aromatic N) is 2. The molecule has 148 valence electrons. The predicted molar refractivity (Wildman–Crippen MR) is 110 cm³/mol. The largest absolute Gasteiger partial charge is 0.490 e. The summed E-state index contributed by atoms with van der Waals surface area (Å²) >= 11 is 0. The van der Waals surface area contributed by atoms with E-state index in [0.717, 1.165) is 34.3 Å². The minimum Gasteiger partial charge on any atom is -0.490 e. The monoisotopic (exact) mass is 389 g/mol. The zero-order chi connectivity index (χ0) is 20.4. The Balaban J connectivity index is 1.52. The molecule has 1 atom stereocenters. The van der Waals surface area contributed by atoms with E-state index in [-0.39, 0.29) is 18.5 Å². The molecule has 0 saturated carbocycles. The van der Waals surface area contributed by atoms with Crippen molar-refractivity contribution in [3.05, 3.63) is 59.3 Å². The molecule has 1 N–H and O–H groups in total. The first-order valence-electron chi connectivity index (χ1n) is 9.75. The van der Waals surface area contributed by atoms with Crippen LogP contribution in [0.25, 0.3) is 10.9 Å². The van der Waals surface area contributed by atoms with Crippen molar-refractivity contribution >= 4 is 16.8 Å². The summed E-state index contributed by atoms with van der Waals surface area (Å²) in [6.07, 6.45) is 0.852. The van der Waals surface area contributed by atoms with E-state index < -0.39 is 0 Å². The van der Waals surface area contributed by atoms with Gasteiger partial charge in [-0.2, -0.15) is 5.26 Å². The van der Waals surface area contributed by atoms with Gasteiger partial charge in [0.25, 0.3) is 0 Å². The molecule has 0 fully saturated rings. The van der Waals surface area contributed by atoms with Crippen molar-refractivity contribution in [3.8, 4) is 17.6 Å². The van der Waals surface area contributed by atoms with Gasteiger partial charge >= 0.3 is 0 Å². The summed E-state index contributed by atoms with van der Waals surface area (Å²) < 4.78 is 13.3. The Bertz CT molecular complexity index is 1110. The number of nitrogens with one attached hydrogen (secondary N) is 1. The van der Waals surface area contributed by atoms with Crippen molar-refractivity contribution in [1.82, 2.24) is 9.88 Å². The molecule has 4 rings (SSSR count). The third-order valence-corrected chi connectivity index (χ3v) is 5.29. The van der Waals surface area contributed by atoms with Crippen LogP contribution in [0.1, 0.15) is 36.2 Å². The number of aromatic nitrogens is 1. The fourth-order valence-electron chi connectivity index (χ4n) is 3.74. The number of amides is 1. The van der Waals surface area contributed by atoms with Gasteiger partial charge in [-0.1, -0.05) is 24.3 Å². The molecule has 3 aromatic rings. The first-order valence-corrected chi connectivity index (χ1v) is 9.75. The van der Waals surface area contributed by atoms with Crippen LogP contribution < -0.4 is 14.8 Å². The number of rotatable bonds is 4. The number of hydrogen-bond acceptors (Lipinski definition) is 4. The van der Waals surface area contributed by atoms with Crippen LogP contribution in [-0.2, 0) is 11.3 Å². The standard InChI is InChI=1S/C23H23N3O3/c1-15(17-8-9-21-22(12-17)29-11-5-10-28-21)25-23(27)14-26-16(2)19(13-24)18-6-3-4-7-20(18)26/h3-4,6-9,12,15H,5,10-11,14H2,1-2H3,(H,25,27)/t15-/m0/s1. The zero-order valence-electron chi connectivity index (χ0n) is 16.6. The zero-order valence-corrected chi connectivity index (χ0v) is 16.6. The van der Waals surface area contributed by atoms with Gasteiger partial charge in [-0.25, -0.2) is 0 Å². The highest BCUT2D eigenvalue weighted by molar-refractivity contribution is 5.89. The summed E-state index contributed by atoms with van der Waals surface area (Å²) in [5, 5.41) is 13.4. The number of nitriles is 1. The lowest BCUT2D eigenvalue weighted by Crippen LogP contribution is -2.30. The lowest BCUT2D eigenvalue weighted by molar-refractivity contribution is -0.122. The third kappa shape index (κ3) is 3.64. The number of hydrogen-bond donors (Lipinski definition) is 1. The number of carbonyl (C=O) groups excluding carboxylic acids is 1. The summed E-state index contributed by atoms with van der Waals surface area (Å²) in [4.78, 5) is 12.8. The molecule has 0 unspecified atom stereocenters. The van der Waals surface area contributed by atoms with Crippen molar-refractivity contribution in [2.24, 2.45) is 0 Å². The Labute approximate surface area is 169 Å². The molecule has 1 aliphatic rings. The van der Waals surface area contributed by atoms with Gasteiger partial charge in [0.1, 0.15) is 12.6 Å². The average molecular weight is 389 g/mol. The van der Waals surface area contributed by atoms with Crippen LogP contribution in [-0.4, -0.2) is 23.7 Å². The summed E-state index contributed by atoms with van der Waals surface area (Å²) in [7, 11) is 0. The van der Waals surface area contributed by atoms with Crippen molar-refractivity contribution in [2.75, 3.05) is 13.2 Å². The Kier molecular flexibility index (Phi) is 5.13. The van der Waals surface area contributed by atoms with Gasteiger partial charge in [0, 0.05) is 17.5 Å². The first kappa shape index (κ1) is 18.9. The van der Waals surface area contributed by atoms with Crippen LogP contribution in [0.3, 0.4) is 0 Å². The number of carbonyl (C=O) groups is 1. The van der Waals surface area contributed by atoms with Gasteiger partial charge in [-0.3, -0.25) is 4.79 Å². The smallest absolute Gasteiger partial charge is 0.240 e. The number of benzene rings is 2. The molecule has 1 aliphatic heterocycles. The van der Waals surface area contributed by atoms with Crippen LogP contribution in [0.5, 0.6) is 11.5 Å². The number of para-hydroxylation sites is 1. The summed E-state index contributed by atoms with van der Waals surface area (Å²) in [5.41, 5.74) is 3.26. The maximum Gasteiger partial charge on any atom is 0.240 e. The highest BCUT2D eigenvalue weighted by Crippen LogP contribution is 2.32. The van der Waals surface area contributed by atoms with Crippen molar-refractivity contribution in [2.45, 2.75) is 32.9 Å². The van der Waals surface area contributed by atoms with Crippen molar-refractivity contribution < 1.29 is 14.3 Å². The molecular formula is C23H23N3O3. The highest BCUT2D eigenvalue weighted by atomic mass is 16.5. The molecule has 0 spiro atoms. The molecule has 0 aliphatic carbocycles. The van der Waals surface area contributed by atoms with E-state index in [0.29, 0.717) is 24.5 Å². The minimum atomic E-state index is -0.183. The van der Waals surface area contributed by atoms with E-state index in [9.17, 15) is 10.1 Å². The van der Waals surface area contributed by atoms with E-state index >= 15 is 0 Å². The topological polar surface area (TPSA) is 76.3 Å². The summed E-state index contributed by atoms with van der Waals surface area (Å²) in [6, 6.07) is 15.5. The van der Waals surface area contributed by atoms with Gasteiger partial charge in [-0.05, 0) is 37.6 Å². The van der Waals surface area contributed by atoms with Crippen LogP contribution in [0.15, 0.2) is 42.5 Å². The Hall–Kier alpha value is -3.46. The van der Waals surface area contributed by atoms with Crippen LogP contribution >= 0.6 is 0 Å². The molecule has 2 heterocycles. The van der Waals surface area contributed by atoms with Gasteiger partial charge < -0.3 is 19.4 Å². The molecule has 2 aromatic carbocycles. The predicted octanol–water partition coefficient (Wildman–Crippen LogP) is 3.86. The second-order valence-corrected chi connectivity index (χ2v) is 7.22. The maximum absolute atomic E-state index is 12.8. The number of fused-ring (bicyclic) bond motifs is 2. The minimum absolute atomic E-state index is 0.113. The molecule has 0 saturated heterocycles. The fraction of sp³-hybridized carbons (Fsp3) is 0.304. The van der Waals surface area contributed by atoms with E-state index in [2.05, 4.69) is 11.4 Å². The Morgan fingerprint density at radius 1 is 1.21 bits per heavy atom. The van der Waals surface area contributed by atoms with E-state index in [1.54, 1.807) is 0 Å². The highest BCUT2D eigenvalue weighted by Gasteiger charge is 2.18. The SMILES string of the molecule is Cc1c(C#N)c2ccccc2n1CC(=O)N[C@@H](C)c1ccc2c(c1)OCCCO2. The summed E-state index contributed by atoms with van der Waals surface area (Å²) in [6.45, 7) is 5.24. The Morgan fingerprint density at radius 3 is 2.76 bits per heavy atom. The van der Waals surface area contributed by atoms with Crippen LogP contribution in [0.2, 0.25) is 0 Å². The van der Waals surface area contributed by atoms with Gasteiger partial charge in [0.05, 0.1) is 30.3 Å². The van der Waals surface area contributed by atoms with E-state index in [4.69, 9.17) is 9.47 Å². The van der Waals surface area contributed by atoms with Gasteiger partial charge in [-0.15, -0.1) is 0 Å². The molecule has 0 bridgehead atoms. The second kappa shape index (κ2) is 7.88. The van der Waals surface area contributed by atoms with Crippen LogP contribution in [0.4, 0.5) is 0 Å². The fourth-order valence-corrected chi connectivity index (χ4v) is 3.74. The van der Waals surface area contributed by atoms with E-state index in [1.807, 2.05) is 60.9 Å². The lowest BCUT2D eigenvalue weighted by atomic mass is 10.1. The third-order valence-electron chi connectivity index (χ3n) is 5.29. The summed E-state index contributed by atoms with van der Waals surface area (Å²) in [5.74, 6) is 1.34. The molecule has 0 radical (unpaired) electrons. The molecule has 6 heteroatoms. The molecule has 1 amide bonds. The normalized spacial score (nSPS) is 14.1. The van der Waals surface area contributed by atoms with Crippen molar-refractivity contribution in [3.63, 3.8) is 0 Å². The molecular weight excluding hydrogens is 366 g/mol.